The highest BCUT2D eigenvalue weighted by molar-refractivity contribution is 9.09. The van der Waals surface area contributed by atoms with Crippen LogP contribution in [0.25, 0.3) is 0 Å². The Bertz CT molecular complexity index is 478. The standard InChI is InChI=1S/C13H12BrClS/c1-9-4-2-3-5-10(9)8-11(14)13-12(15)6-7-16-13/h2-7,11H,8H2,1H3. The van der Waals surface area contributed by atoms with Crippen LogP contribution < -0.4 is 0 Å². The van der Waals surface area contributed by atoms with Crippen molar-refractivity contribution in [3.05, 3.63) is 56.7 Å². The summed E-state index contributed by atoms with van der Waals surface area (Å²) in [5.41, 5.74) is 2.70. The molecule has 0 amide bonds. The van der Waals surface area contributed by atoms with Crippen LogP contribution >= 0.6 is 38.9 Å². The zero-order valence-corrected chi connectivity index (χ0v) is 12.1. The molecule has 0 aliphatic carbocycles. The van der Waals surface area contributed by atoms with Gasteiger partial charge >= 0.3 is 0 Å². The normalized spacial score (nSPS) is 12.7. The summed E-state index contributed by atoms with van der Waals surface area (Å²) in [4.78, 5) is 1.52. The second kappa shape index (κ2) is 5.35. The molecule has 0 N–H and O–H groups in total. The minimum atomic E-state index is 0.307. The second-order valence-electron chi connectivity index (χ2n) is 3.73. The molecular formula is C13H12BrClS. The van der Waals surface area contributed by atoms with E-state index in [1.165, 1.54) is 16.0 Å². The van der Waals surface area contributed by atoms with Gasteiger partial charge in [0.1, 0.15) is 0 Å². The Morgan fingerprint density at radius 3 is 2.69 bits per heavy atom. The fourth-order valence-corrected chi connectivity index (χ4v) is 3.87. The number of hydrogen-bond acceptors (Lipinski definition) is 1. The largest absolute Gasteiger partial charge is 0.146 e. The highest BCUT2D eigenvalue weighted by Gasteiger charge is 2.14. The van der Waals surface area contributed by atoms with Crippen molar-refractivity contribution in [2.24, 2.45) is 0 Å². The first-order valence-electron chi connectivity index (χ1n) is 5.10. The Kier molecular flexibility index (Phi) is 4.06. The minimum absolute atomic E-state index is 0.307. The average molecular weight is 316 g/mol. The lowest BCUT2D eigenvalue weighted by Crippen LogP contribution is -1.95. The van der Waals surface area contributed by atoms with Gasteiger partial charge in [0, 0.05) is 4.88 Å². The third kappa shape index (κ3) is 2.68. The summed E-state index contributed by atoms with van der Waals surface area (Å²) in [6.07, 6.45) is 0.979. The summed E-state index contributed by atoms with van der Waals surface area (Å²) in [5, 5.41) is 2.89. The monoisotopic (exact) mass is 314 g/mol. The molecule has 0 spiro atoms. The number of benzene rings is 1. The molecule has 1 aromatic heterocycles. The molecule has 0 nitrogen and oxygen atoms in total. The molecule has 0 saturated heterocycles. The van der Waals surface area contributed by atoms with E-state index in [0.717, 1.165) is 11.4 Å². The van der Waals surface area contributed by atoms with Crippen LogP contribution in [0, 0.1) is 6.92 Å². The lowest BCUT2D eigenvalue weighted by molar-refractivity contribution is 0.958. The fourth-order valence-electron chi connectivity index (χ4n) is 1.65. The van der Waals surface area contributed by atoms with Gasteiger partial charge in [-0.3, -0.25) is 0 Å². The molecule has 0 aliphatic heterocycles. The van der Waals surface area contributed by atoms with Gasteiger partial charge in [-0.15, -0.1) is 11.3 Å². The fraction of sp³-hybridized carbons (Fsp3) is 0.231. The molecule has 0 bridgehead atoms. The molecule has 2 aromatic rings. The van der Waals surface area contributed by atoms with E-state index >= 15 is 0 Å². The van der Waals surface area contributed by atoms with Gasteiger partial charge in [0.15, 0.2) is 0 Å². The molecule has 1 aromatic carbocycles. The molecule has 84 valence electrons. The molecule has 1 heterocycles. The summed E-state index contributed by atoms with van der Waals surface area (Å²) >= 11 is 11.5. The predicted octanol–water partition coefficient (Wildman–Crippen LogP) is 5.39. The van der Waals surface area contributed by atoms with Gasteiger partial charge < -0.3 is 0 Å². The quantitative estimate of drug-likeness (QED) is 0.666. The Hall–Kier alpha value is -0.310. The second-order valence-corrected chi connectivity index (χ2v) is 6.19. The molecule has 0 saturated carbocycles. The molecule has 0 fully saturated rings. The topological polar surface area (TPSA) is 0 Å². The molecule has 2 rings (SSSR count). The lowest BCUT2D eigenvalue weighted by Gasteiger charge is -2.10. The van der Waals surface area contributed by atoms with Crippen LogP contribution in [0.4, 0.5) is 0 Å². The van der Waals surface area contributed by atoms with E-state index in [4.69, 9.17) is 11.6 Å². The maximum Gasteiger partial charge on any atom is 0.0556 e. The third-order valence-electron chi connectivity index (χ3n) is 2.59. The molecule has 16 heavy (non-hydrogen) atoms. The number of alkyl halides is 1. The highest BCUT2D eigenvalue weighted by Crippen LogP contribution is 2.36. The van der Waals surface area contributed by atoms with Crippen LogP contribution in [-0.4, -0.2) is 0 Å². The van der Waals surface area contributed by atoms with E-state index in [1.807, 2.05) is 11.4 Å². The smallest absolute Gasteiger partial charge is 0.0556 e. The number of aryl methyl sites for hydroxylation is 1. The first kappa shape index (κ1) is 12.2. The Labute approximate surface area is 113 Å². The van der Waals surface area contributed by atoms with E-state index in [9.17, 15) is 0 Å². The lowest BCUT2D eigenvalue weighted by atomic mass is 10.0. The molecule has 0 aliphatic rings. The molecule has 3 heteroatoms. The Balaban J connectivity index is 2.17. The zero-order valence-electron chi connectivity index (χ0n) is 8.91. The minimum Gasteiger partial charge on any atom is -0.146 e. The molecule has 0 radical (unpaired) electrons. The van der Waals surface area contributed by atoms with E-state index in [2.05, 4.69) is 47.1 Å². The SMILES string of the molecule is Cc1ccccc1CC(Br)c1sccc1Cl. The highest BCUT2D eigenvalue weighted by atomic mass is 79.9. The average Bonchev–Trinajstić information content (AvgIpc) is 2.68. The van der Waals surface area contributed by atoms with Gasteiger partial charge in [-0.1, -0.05) is 51.8 Å². The first-order chi connectivity index (χ1) is 7.68. The van der Waals surface area contributed by atoms with Crippen molar-refractivity contribution in [1.82, 2.24) is 0 Å². The van der Waals surface area contributed by atoms with Crippen LogP contribution in [-0.2, 0) is 6.42 Å². The maximum absolute atomic E-state index is 6.12. The summed E-state index contributed by atoms with van der Waals surface area (Å²) in [6, 6.07) is 10.4. The van der Waals surface area contributed by atoms with Crippen molar-refractivity contribution in [3.8, 4) is 0 Å². The Morgan fingerprint density at radius 2 is 2.06 bits per heavy atom. The van der Waals surface area contributed by atoms with Crippen LogP contribution in [0.2, 0.25) is 5.02 Å². The van der Waals surface area contributed by atoms with E-state index in [1.54, 1.807) is 11.3 Å². The first-order valence-corrected chi connectivity index (χ1v) is 7.27. The van der Waals surface area contributed by atoms with Crippen molar-refractivity contribution in [2.45, 2.75) is 18.2 Å². The maximum atomic E-state index is 6.12. The predicted molar refractivity (Wildman–Crippen MR) is 75.9 cm³/mol. The van der Waals surface area contributed by atoms with Crippen molar-refractivity contribution in [2.75, 3.05) is 0 Å². The molecule has 1 atom stereocenters. The van der Waals surface area contributed by atoms with Crippen LogP contribution in [0.3, 0.4) is 0 Å². The van der Waals surface area contributed by atoms with E-state index in [0.29, 0.717) is 4.83 Å². The molecule has 1 unspecified atom stereocenters. The number of hydrogen-bond donors (Lipinski definition) is 0. The van der Waals surface area contributed by atoms with Gasteiger partial charge in [-0.05, 0) is 35.9 Å². The van der Waals surface area contributed by atoms with E-state index < -0.39 is 0 Å². The number of rotatable bonds is 3. The van der Waals surface area contributed by atoms with Gasteiger partial charge in [0.25, 0.3) is 0 Å². The van der Waals surface area contributed by atoms with Gasteiger partial charge in [-0.2, -0.15) is 0 Å². The van der Waals surface area contributed by atoms with E-state index in [-0.39, 0.29) is 0 Å². The van der Waals surface area contributed by atoms with Crippen LogP contribution in [0.1, 0.15) is 20.8 Å². The van der Waals surface area contributed by atoms with Crippen LogP contribution in [0.15, 0.2) is 35.7 Å². The Morgan fingerprint density at radius 1 is 1.31 bits per heavy atom. The van der Waals surface area contributed by atoms with Gasteiger partial charge in [0.2, 0.25) is 0 Å². The zero-order chi connectivity index (χ0) is 11.5. The van der Waals surface area contributed by atoms with Crippen LogP contribution in [0.5, 0.6) is 0 Å². The van der Waals surface area contributed by atoms with Crippen molar-refractivity contribution >= 4 is 38.9 Å². The van der Waals surface area contributed by atoms with Crippen molar-refractivity contribution in [3.63, 3.8) is 0 Å². The third-order valence-corrected chi connectivity index (χ3v) is 5.15. The summed E-state index contributed by atoms with van der Waals surface area (Å²) in [6.45, 7) is 2.14. The number of thiophene rings is 1. The summed E-state index contributed by atoms with van der Waals surface area (Å²) in [5.74, 6) is 0. The number of halogens is 2. The van der Waals surface area contributed by atoms with Gasteiger partial charge in [0.05, 0.1) is 9.85 Å². The van der Waals surface area contributed by atoms with Crippen molar-refractivity contribution < 1.29 is 0 Å². The molecular weight excluding hydrogens is 304 g/mol. The van der Waals surface area contributed by atoms with Crippen molar-refractivity contribution in [1.29, 1.82) is 0 Å². The summed E-state index contributed by atoms with van der Waals surface area (Å²) < 4.78 is 0. The van der Waals surface area contributed by atoms with Gasteiger partial charge in [-0.25, -0.2) is 0 Å². The summed E-state index contributed by atoms with van der Waals surface area (Å²) in [7, 11) is 0.